The van der Waals surface area contributed by atoms with Gasteiger partial charge in [0.15, 0.2) is 0 Å². The number of amides is 2. The molecule has 118 valence electrons. The minimum Gasteiger partial charge on any atom is -0.875 e. The number of benzene rings is 1. The number of carbonyl (C=O) groups is 2. The molecule has 2 N–H and O–H groups in total. The molecule has 0 saturated carbocycles. The third-order valence-electron chi connectivity index (χ3n) is 2.76. The van der Waals surface area contributed by atoms with Gasteiger partial charge in [0.2, 0.25) is 11.8 Å². The van der Waals surface area contributed by atoms with Crippen molar-refractivity contribution in [2.45, 2.75) is 27.7 Å². The van der Waals surface area contributed by atoms with Crippen molar-refractivity contribution in [1.29, 1.82) is 0 Å². The predicted molar refractivity (Wildman–Crippen MR) is 80.7 cm³/mol. The standard InChI is InChI=1S/C16H20N2O4.2Na/c1-9-5-14(18-16(22)8-12(4)20)10(2)6-13(9)17-15(21)7-11(3)19;;/h5-8,19-20H,1-4H3,(H,17,21)(H,18,22);;/q;2*+1/p-2/b11-7-,12-8+;;. The molecule has 0 fully saturated rings. The molecule has 0 spiro atoms. The van der Waals surface area contributed by atoms with Crippen LogP contribution in [0.1, 0.15) is 25.0 Å². The van der Waals surface area contributed by atoms with Crippen LogP contribution in [0.4, 0.5) is 11.4 Å². The van der Waals surface area contributed by atoms with Crippen molar-refractivity contribution in [3.8, 4) is 0 Å². The summed E-state index contributed by atoms with van der Waals surface area (Å²) in [6.07, 6.45) is 1.93. The van der Waals surface area contributed by atoms with E-state index in [9.17, 15) is 19.8 Å². The third kappa shape index (κ3) is 8.92. The first kappa shape index (κ1) is 25.5. The third-order valence-corrected chi connectivity index (χ3v) is 2.76. The molecule has 6 nitrogen and oxygen atoms in total. The van der Waals surface area contributed by atoms with Crippen LogP contribution in [0.25, 0.3) is 0 Å². The maximum atomic E-state index is 11.6. The van der Waals surface area contributed by atoms with Gasteiger partial charge in [0, 0.05) is 11.4 Å². The summed E-state index contributed by atoms with van der Waals surface area (Å²) in [7, 11) is 0. The van der Waals surface area contributed by atoms with E-state index in [-0.39, 0.29) is 70.6 Å². The summed E-state index contributed by atoms with van der Waals surface area (Å²) in [4.78, 5) is 23.1. The van der Waals surface area contributed by atoms with Gasteiger partial charge >= 0.3 is 59.1 Å². The van der Waals surface area contributed by atoms with Crippen LogP contribution in [-0.4, -0.2) is 11.8 Å². The first-order chi connectivity index (χ1) is 10.2. The smallest absolute Gasteiger partial charge is 0.875 e. The summed E-state index contributed by atoms with van der Waals surface area (Å²) >= 11 is 0. The largest absolute Gasteiger partial charge is 1.00 e. The summed E-state index contributed by atoms with van der Waals surface area (Å²) in [6.45, 7) is 6.10. The molecular weight excluding hydrogens is 330 g/mol. The zero-order valence-corrected chi connectivity index (χ0v) is 18.9. The van der Waals surface area contributed by atoms with E-state index in [0.717, 1.165) is 12.2 Å². The molecule has 2 amide bonds. The van der Waals surface area contributed by atoms with Gasteiger partial charge in [-0.25, -0.2) is 0 Å². The fourth-order valence-electron chi connectivity index (χ4n) is 1.79. The Hall–Kier alpha value is -0.760. The normalized spacial score (nSPS) is 11.0. The molecule has 0 saturated heterocycles. The number of hydrogen-bond acceptors (Lipinski definition) is 4. The second-order valence-corrected chi connectivity index (χ2v) is 4.97. The van der Waals surface area contributed by atoms with Gasteiger partial charge < -0.3 is 20.8 Å². The van der Waals surface area contributed by atoms with Crippen molar-refractivity contribution in [3.05, 3.63) is 46.9 Å². The van der Waals surface area contributed by atoms with Crippen molar-refractivity contribution >= 4 is 23.2 Å². The Labute approximate surface area is 186 Å². The average molecular weight is 348 g/mol. The van der Waals surface area contributed by atoms with Crippen LogP contribution in [0, 0.1) is 13.8 Å². The zero-order chi connectivity index (χ0) is 16.9. The molecule has 0 aliphatic rings. The van der Waals surface area contributed by atoms with Crippen LogP contribution < -0.4 is 80.0 Å². The molecule has 8 heteroatoms. The molecule has 1 aromatic rings. The quantitative estimate of drug-likeness (QED) is 0.322. The van der Waals surface area contributed by atoms with Crippen LogP contribution in [-0.2, 0) is 9.59 Å². The van der Waals surface area contributed by atoms with E-state index in [1.165, 1.54) is 13.8 Å². The van der Waals surface area contributed by atoms with Gasteiger partial charge in [-0.3, -0.25) is 9.59 Å². The van der Waals surface area contributed by atoms with E-state index in [0.29, 0.717) is 22.5 Å². The van der Waals surface area contributed by atoms with E-state index in [2.05, 4.69) is 10.6 Å². The Morgan fingerprint density at radius 1 is 0.833 bits per heavy atom. The molecule has 0 heterocycles. The van der Waals surface area contributed by atoms with Crippen LogP contribution in [0.2, 0.25) is 0 Å². The van der Waals surface area contributed by atoms with E-state index in [1.807, 2.05) is 0 Å². The Bertz CT molecular complexity index is 605. The summed E-state index contributed by atoms with van der Waals surface area (Å²) < 4.78 is 0. The number of aryl methyl sites for hydroxylation is 2. The van der Waals surface area contributed by atoms with Crippen LogP contribution in [0.3, 0.4) is 0 Å². The van der Waals surface area contributed by atoms with Gasteiger partial charge in [0.25, 0.3) is 0 Å². The zero-order valence-electron chi connectivity index (χ0n) is 14.9. The summed E-state index contributed by atoms with van der Waals surface area (Å²) in [5.41, 5.74) is 2.53. The second kappa shape index (κ2) is 11.7. The molecule has 24 heavy (non-hydrogen) atoms. The monoisotopic (exact) mass is 348 g/mol. The van der Waals surface area contributed by atoms with E-state index < -0.39 is 11.8 Å². The number of rotatable bonds is 4. The molecular formula is C16H18N2Na2O4. The second-order valence-electron chi connectivity index (χ2n) is 4.97. The molecule has 0 aliphatic carbocycles. The van der Waals surface area contributed by atoms with Crippen molar-refractivity contribution in [3.63, 3.8) is 0 Å². The summed E-state index contributed by atoms with van der Waals surface area (Å²) in [5, 5.41) is 26.9. The first-order valence-electron chi connectivity index (χ1n) is 6.63. The molecule has 0 radical (unpaired) electrons. The Balaban J connectivity index is 0. The first-order valence-corrected chi connectivity index (χ1v) is 6.63. The summed E-state index contributed by atoms with van der Waals surface area (Å²) in [6, 6.07) is 3.37. The molecule has 1 rings (SSSR count). The molecule has 0 aromatic heterocycles. The predicted octanol–water partition coefficient (Wildman–Crippen LogP) is -5.28. The Kier molecular flexibility index (Phi) is 12.5. The fraction of sp³-hybridized carbons (Fsp3) is 0.250. The van der Waals surface area contributed by atoms with Crippen molar-refractivity contribution in [2.24, 2.45) is 0 Å². The molecule has 0 unspecified atom stereocenters. The Morgan fingerprint density at radius 3 is 1.38 bits per heavy atom. The minimum absolute atomic E-state index is 0. The number of anilines is 2. The number of carbonyl (C=O) groups excluding carboxylic acids is 2. The fourth-order valence-corrected chi connectivity index (χ4v) is 1.79. The van der Waals surface area contributed by atoms with Gasteiger partial charge in [0.1, 0.15) is 0 Å². The van der Waals surface area contributed by atoms with E-state index in [4.69, 9.17) is 0 Å². The van der Waals surface area contributed by atoms with Crippen molar-refractivity contribution in [1.82, 2.24) is 0 Å². The van der Waals surface area contributed by atoms with Gasteiger partial charge in [-0.2, -0.15) is 0 Å². The number of allylic oxidation sites excluding steroid dienone is 2. The number of hydrogen-bond donors (Lipinski definition) is 2. The molecule has 0 atom stereocenters. The average Bonchev–Trinajstić information content (AvgIpc) is 2.33. The van der Waals surface area contributed by atoms with E-state index in [1.54, 1.807) is 26.0 Å². The van der Waals surface area contributed by atoms with Gasteiger partial charge in [-0.15, -0.1) is 11.5 Å². The SMILES string of the molecule is C/C([O-])=C/C(=O)Nc1cc(C)c(NC(=O)/C=C(\C)[O-])cc1C.[Na+].[Na+]. The maximum Gasteiger partial charge on any atom is 1.00 e. The van der Waals surface area contributed by atoms with Crippen LogP contribution in [0.15, 0.2) is 35.8 Å². The number of nitrogens with one attached hydrogen (secondary N) is 2. The van der Waals surface area contributed by atoms with Gasteiger partial charge in [0.05, 0.1) is 0 Å². The Morgan fingerprint density at radius 2 is 1.12 bits per heavy atom. The van der Waals surface area contributed by atoms with Crippen LogP contribution >= 0.6 is 0 Å². The van der Waals surface area contributed by atoms with Crippen molar-refractivity contribution < 1.29 is 78.9 Å². The van der Waals surface area contributed by atoms with Crippen molar-refractivity contribution in [2.75, 3.05) is 10.6 Å². The topological polar surface area (TPSA) is 104 Å². The van der Waals surface area contributed by atoms with Gasteiger partial charge in [-0.1, -0.05) is 13.8 Å². The van der Waals surface area contributed by atoms with Crippen LogP contribution in [0.5, 0.6) is 0 Å². The van der Waals surface area contributed by atoms with E-state index >= 15 is 0 Å². The minimum atomic E-state index is -0.503. The maximum absolute atomic E-state index is 11.6. The molecule has 0 aliphatic heterocycles. The van der Waals surface area contributed by atoms with Gasteiger partial charge in [-0.05, 0) is 49.3 Å². The molecule has 1 aromatic carbocycles. The molecule has 0 bridgehead atoms. The summed E-state index contributed by atoms with van der Waals surface area (Å²) in [5.74, 6) is -1.68.